The number of anilines is 1. The minimum Gasteiger partial charge on any atom is -0.354 e. The zero-order chi connectivity index (χ0) is 22.5. The summed E-state index contributed by atoms with van der Waals surface area (Å²) < 4.78 is 5.53. The Hall–Kier alpha value is -3.31. The first-order valence-electron chi connectivity index (χ1n) is 11.4. The summed E-state index contributed by atoms with van der Waals surface area (Å²) in [4.78, 5) is 18.0. The summed E-state index contributed by atoms with van der Waals surface area (Å²) in [5.41, 5.74) is 4.63. The van der Waals surface area contributed by atoms with Crippen LogP contribution in [0.25, 0.3) is 22.1 Å². The average Bonchev–Trinajstić information content (AvgIpc) is 3.22. The number of hydrogen-bond donors (Lipinski definition) is 0. The number of fused-ring (bicyclic) bond motifs is 2. The lowest BCUT2D eigenvalue weighted by Crippen LogP contribution is -2.65. The number of nitrogens with zero attached hydrogens (tertiary/aromatic N) is 3. The van der Waals surface area contributed by atoms with Crippen LogP contribution in [-0.4, -0.2) is 41.6 Å². The van der Waals surface area contributed by atoms with Gasteiger partial charge in [-0.05, 0) is 48.7 Å². The van der Waals surface area contributed by atoms with Gasteiger partial charge in [0, 0.05) is 36.1 Å². The second-order valence-electron chi connectivity index (χ2n) is 9.08. The molecule has 0 saturated carbocycles. The van der Waals surface area contributed by atoms with Gasteiger partial charge in [-0.15, -0.1) is 0 Å². The number of carbonyl (C=O) groups excluding carboxylic acids is 1. The van der Waals surface area contributed by atoms with Crippen LogP contribution < -0.4 is 4.90 Å². The number of carbonyl (C=O) groups is 1. The molecule has 2 fully saturated rings. The van der Waals surface area contributed by atoms with Gasteiger partial charge >= 0.3 is 0 Å². The number of rotatable bonds is 3. The number of aromatic nitrogens is 1. The van der Waals surface area contributed by atoms with Crippen molar-refractivity contribution in [2.75, 3.05) is 24.5 Å². The van der Waals surface area contributed by atoms with Crippen LogP contribution in [0.1, 0.15) is 22.3 Å². The molecule has 0 spiro atoms. The molecule has 1 amide bonds. The molecule has 5 nitrogen and oxygen atoms in total. The van der Waals surface area contributed by atoms with E-state index in [9.17, 15) is 4.79 Å². The predicted octanol–water partition coefficient (Wildman–Crippen LogP) is 5.81. The first-order chi connectivity index (χ1) is 16.1. The van der Waals surface area contributed by atoms with Crippen molar-refractivity contribution < 1.29 is 9.32 Å². The van der Waals surface area contributed by atoms with Crippen LogP contribution in [0.3, 0.4) is 0 Å². The molecule has 6 rings (SSSR count). The summed E-state index contributed by atoms with van der Waals surface area (Å²) in [6.07, 6.45) is 0.996. The molecule has 0 N–H and O–H groups in total. The molecule has 33 heavy (non-hydrogen) atoms. The van der Waals surface area contributed by atoms with E-state index in [1.165, 1.54) is 0 Å². The van der Waals surface area contributed by atoms with Crippen LogP contribution in [-0.2, 0) is 0 Å². The molecule has 0 bridgehead atoms. The Morgan fingerprint density at radius 3 is 2.76 bits per heavy atom. The van der Waals surface area contributed by atoms with Crippen molar-refractivity contribution in [1.82, 2.24) is 10.1 Å². The molecule has 3 aromatic carbocycles. The van der Waals surface area contributed by atoms with Crippen molar-refractivity contribution in [3.05, 3.63) is 82.9 Å². The maximum absolute atomic E-state index is 13.7. The standard InChI is InChI=1S/C27H24ClN3O2/c1-17-7-9-21(18-5-3-2-4-6-18)22(13-17)27(32)30-12-11-19-15-31(24(19)16-30)26-23-14-20(28)8-10-25(23)33-29-26/h2-10,13-14,19,24H,11-12,15-16H2,1H3/t19-,24-/m0/s1. The van der Waals surface area contributed by atoms with Gasteiger partial charge in [-0.25, -0.2) is 0 Å². The summed E-state index contributed by atoms with van der Waals surface area (Å²) in [7, 11) is 0. The van der Waals surface area contributed by atoms with Crippen molar-refractivity contribution >= 4 is 34.3 Å². The summed E-state index contributed by atoms with van der Waals surface area (Å²) in [6.45, 7) is 4.43. The fourth-order valence-corrected chi connectivity index (χ4v) is 5.38. The number of aryl methyl sites for hydroxylation is 1. The average molecular weight is 458 g/mol. The highest BCUT2D eigenvalue weighted by molar-refractivity contribution is 6.31. The fraction of sp³-hybridized carbons (Fsp3) is 0.259. The Morgan fingerprint density at radius 1 is 1.06 bits per heavy atom. The van der Waals surface area contributed by atoms with Gasteiger partial charge in [-0.2, -0.15) is 0 Å². The molecular weight excluding hydrogens is 434 g/mol. The van der Waals surface area contributed by atoms with E-state index < -0.39 is 0 Å². The molecule has 0 radical (unpaired) electrons. The van der Waals surface area contributed by atoms with E-state index >= 15 is 0 Å². The third-order valence-electron chi connectivity index (χ3n) is 7.02. The number of likely N-dealkylation sites (tertiary alicyclic amines) is 1. The van der Waals surface area contributed by atoms with Crippen molar-refractivity contribution in [2.24, 2.45) is 5.92 Å². The van der Waals surface area contributed by atoms with Gasteiger partial charge in [0.1, 0.15) is 0 Å². The van der Waals surface area contributed by atoms with Crippen molar-refractivity contribution in [3.8, 4) is 11.1 Å². The van der Waals surface area contributed by atoms with E-state index in [-0.39, 0.29) is 11.9 Å². The lowest BCUT2D eigenvalue weighted by Gasteiger charge is -2.53. The lowest BCUT2D eigenvalue weighted by molar-refractivity contribution is 0.0591. The third-order valence-corrected chi connectivity index (χ3v) is 7.25. The van der Waals surface area contributed by atoms with E-state index in [4.69, 9.17) is 16.1 Å². The molecule has 1 aromatic heterocycles. The van der Waals surface area contributed by atoms with Crippen molar-refractivity contribution in [3.63, 3.8) is 0 Å². The van der Waals surface area contributed by atoms with Crippen LogP contribution in [0.5, 0.6) is 0 Å². The number of benzene rings is 3. The zero-order valence-electron chi connectivity index (χ0n) is 18.4. The maximum atomic E-state index is 13.7. The van der Waals surface area contributed by atoms with Gasteiger partial charge in [0.25, 0.3) is 5.91 Å². The van der Waals surface area contributed by atoms with Gasteiger partial charge in [-0.3, -0.25) is 4.79 Å². The second-order valence-corrected chi connectivity index (χ2v) is 9.52. The molecule has 2 saturated heterocycles. The maximum Gasteiger partial charge on any atom is 0.254 e. The fourth-order valence-electron chi connectivity index (χ4n) is 5.20. The second kappa shape index (κ2) is 7.92. The largest absolute Gasteiger partial charge is 0.354 e. The van der Waals surface area contributed by atoms with E-state index in [0.717, 1.165) is 58.6 Å². The molecule has 2 atom stereocenters. The topological polar surface area (TPSA) is 49.6 Å². The number of hydrogen-bond acceptors (Lipinski definition) is 4. The van der Waals surface area contributed by atoms with Gasteiger partial charge in [0.05, 0.1) is 11.4 Å². The van der Waals surface area contributed by atoms with E-state index in [0.29, 0.717) is 17.5 Å². The van der Waals surface area contributed by atoms with Crippen LogP contribution in [0.2, 0.25) is 5.02 Å². The van der Waals surface area contributed by atoms with Gasteiger partial charge in [0.15, 0.2) is 11.4 Å². The lowest BCUT2D eigenvalue weighted by atomic mass is 9.81. The number of amides is 1. The summed E-state index contributed by atoms with van der Waals surface area (Å²) in [5.74, 6) is 1.48. The summed E-state index contributed by atoms with van der Waals surface area (Å²) >= 11 is 6.22. The molecule has 6 heteroatoms. The van der Waals surface area contributed by atoms with Gasteiger partial charge in [0.2, 0.25) is 0 Å². The highest BCUT2D eigenvalue weighted by Crippen LogP contribution is 2.40. The molecule has 2 aliphatic rings. The first-order valence-corrected chi connectivity index (χ1v) is 11.7. The van der Waals surface area contributed by atoms with Crippen LogP contribution in [0.15, 0.2) is 71.3 Å². The van der Waals surface area contributed by atoms with Crippen LogP contribution in [0, 0.1) is 12.8 Å². The van der Waals surface area contributed by atoms with E-state index in [1.807, 2.05) is 54.3 Å². The smallest absolute Gasteiger partial charge is 0.254 e. The summed E-state index contributed by atoms with van der Waals surface area (Å²) in [5, 5.41) is 5.92. The molecule has 166 valence electrons. The minimum atomic E-state index is 0.0934. The normalized spacial score (nSPS) is 19.9. The summed E-state index contributed by atoms with van der Waals surface area (Å²) in [6, 6.07) is 22.1. The van der Waals surface area contributed by atoms with Gasteiger partial charge < -0.3 is 14.3 Å². The number of halogens is 1. The Kier molecular flexibility index (Phi) is 4.88. The van der Waals surface area contributed by atoms with Gasteiger partial charge in [-0.1, -0.05) is 64.8 Å². The molecule has 4 aromatic rings. The Morgan fingerprint density at radius 2 is 1.91 bits per heavy atom. The highest BCUT2D eigenvalue weighted by Gasteiger charge is 2.45. The first kappa shape index (κ1) is 20.3. The van der Waals surface area contributed by atoms with Crippen LogP contribution >= 0.6 is 11.6 Å². The van der Waals surface area contributed by atoms with Crippen LogP contribution in [0.4, 0.5) is 5.82 Å². The molecule has 0 unspecified atom stereocenters. The third kappa shape index (κ3) is 3.47. The minimum absolute atomic E-state index is 0.0934. The molecule has 0 aliphatic carbocycles. The Labute approximate surface area is 197 Å². The highest BCUT2D eigenvalue weighted by atomic mass is 35.5. The van der Waals surface area contributed by atoms with Crippen molar-refractivity contribution in [1.29, 1.82) is 0 Å². The Bertz CT molecular complexity index is 1350. The van der Waals surface area contributed by atoms with E-state index in [2.05, 4.69) is 34.3 Å². The molecule has 3 heterocycles. The Balaban J connectivity index is 1.28. The quantitative estimate of drug-likeness (QED) is 0.389. The monoisotopic (exact) mass is 457 g/mol. The molecule has 2 aliphatic heterocycles. The zero-order valence-corrected chi connectivity index (χ0v) is 19.1. The number of piperidine rings is 1. The molecular formula is C27H24ClN3O2. The van der Waals surface area contributed by atoms with Crippen molar-refractivity contribution in [2.45, 2.75) is 19.4 Å². The predicted molar refractivity (Wildman–Crippen MR) is 131 cm³/mol. The SMILES string of the molecule is Cc1ccc(-c2ccccc2)c(C(=O)N2CC[C@H]3CN(c4noc5ccc(Cl)cc45)[C@H]3C2)c1. The van der Waals surface area contributed by atoms with E-state index in [1.54, 1.807) is 0 Å².